The van der Waals surface area contributed by atoms with E-state index in [2.05, 4.69) is 77.0 Å². The van der Waals surface area contributed by atoms with Gasteiger partial charge in [0.1, 0.15) is 0 Å². The van der Waals surface area contributed by atoms with Crippen molar-refractivity contribution in [1.82, 2.24) is 0 Å². The van der Waals surface area contributed by atoms with E-state index in [4.69, 9.17) is 0 Å². The molecule has 0 amide bonds. The molecule has 0 fully saturated rings. The number of esters is 2. The fourth-order valence-electron chi connectivity index (χ4n) is 4.67. The first kappa shape index (κ1) is 35.6. The van der Waals surface area contributed by atoms with Gasteiger partial charge in [-0.05, 0) is 105 Å². The molecule has 0 unspecified atom stereocenters. The summed E-state index contributed by atoms with van der Waals surface area (Å²) in [6, 6.07) is 0. The highest BCUT2D eigenvalue weighted by Crippen LogP contribution is 2.42. The van der Waals surface area contributed by atoms with Gasteiger partial charge in [-0.2, -0.15) is 0 Å². The highest BCUT2D eigenvalue weighted by molar-refractivity contribution is 5.71. The van der Waals surface area contributed by atoms with Gasteiger partial charge in [0.15, 0.2) is 0 Å². The van der Waals surface area contributed by atoms with Crippen molar-refractivity contribution >= 4 is 11.9 Å². The number of carbonyl (C=O) groups excluding carboxylic acids is 2. The lowest BCUT2D eigenvalue weighted by atomic mass is 9.71. The van der Waals surface area contributed by atoms with Gasteiger partial charge in [-0.15, -0.1) is 0 Å². The molecule has 0 aromatic heterocycles. The van der Waals surface area contributed by atoms with Crippen LogP contribution in [-0.4, -0.2) is 26.2 Å². The average Bonchev–Trinajstić information content (AvgIpc) is 2.85. The van der Waals surface area contributed by atoms with Crippen molar-refractivity contribution in [3.63, 3.8) is 0 Å². The monoisotopic (exact) mass is 528 g/mol. The molecule has 0 aliphatic heterocycles. The summed E-state index contributed by atoms with van der Waals surface area (Å²) >= 11 is 0. The van der Waals surface area contributed by atoms with E-state index in [1.807, 2.05) is 12.2 Å². The topological polar surface area (TPSA) is 52.6 Å². The predicted octanol–water partition coefficient (Wildman–Crippen LogP) is 9.77. The summed E-state index contributed by atoms with van der Waals surface area (Å²) in [4.78, 5) is 22.1. The first-order valence-corrected chi connectivity index (χ1v) is 14.2. The van der Waals surface area contributed by atoms with E-state index in [9.17, 15) is 9.59 Å². The van der Waals surface area contributed by atoms with Gasteiger partial charge in [0, 0.05) is 0 Å². The third kappa shape index (κ3) is 17.2. The van der Waals surface area contributed by atoms with Crippen molar-refractivity contribution in [2.75, 3.05) is 14.2 Å². The fourth-order valence-corrected chi connectivity index (χ4v) is 4.67. The molecule has 1 aliphatic carbocycles. The van der Waals surface area contributed by atoms with Crippen molar-refractivity contribution in [2.24, 2.45) is 5.41 Å². The van der Waals surface area contributed by atoms with Crippen LogP contribution < -0.4 is 0 Å². The largest absolute Gasteiger partial charge is 0.469 e. The molecule has 216 valence electrons. The minimum absolute atomic E-state index is 0.159. The lowest BCUT2D eigenvalue weighted by Crippen LogP contribution is -2.20. The molecule has 0 bridgehead atoms. The summed E-state index contributed by atoms with van der Waals surface area (Å²) in [5, 5.41) is 0. The average molecular weight is 529 g/mol. The zero-order chi connectivity index (χ0) is 29.1. The summed E-state index contributed by atoms with van der Waals surface area (Å²) in [5.74, 6) is -0.333. The van der Waals surface area contributed by atoms with Gasteiger partial charge in [0.05, 0.1) is 27.1 Å². The van der Waals surface area contributed by atoms with Crippen LogP contribution in [0.2, 0.25) is 0 Å². The molecule has 1 aliphatic rings. The van der Waals surface area contributed by atoms with Gasteiger partial charge in [-0.25, -0.2) is 0 Å². The first-order chi connectivity index (χ1) is 17.8. The Bertz CT molecular complexity index is 889. The number of hydrogen-bond donors (Lipinski definition) is 0. The van der Waals surface area contributed by atoms with Gasteiger partial charge in [0.25, 0.3) is 0 Å². The first-order valence-electron chi connectivity index (χ1n) is 14.2. The zero-order valence-corrected chi connectivity index (χ0v) is 26.2. The highest BCUT2D eigenvalue weighted by Gasteiger charge is 2.27. The van der Waals surface area contributed by atoms with Gasteiger partial charge in [-0.1, -0.05) is 71.6 Å². The van der Waals surface area contributed by atoms with Crippen molar-refractivity contribution in [3.8, 4) is 0 Å². The summed E-state index contributed by atoms with van der Waals surface area (Å²) in [6.07, 6.45) is 19.7. The predicted molar refractivity (Wildman–Crippen MR) is 162 cm³/mol. The molecular weight excluding hydrogens is 472 g/mol. The third-order valence-corrected chi connectivity index (χ3v) is 7.27. The van der Waals surface area contributed by atoms with Crippen molar-refractivity contribution in [3.05, 3.63) is 57.7 Å². The molecular formula is C34H56O4. The van der Waals surface area contributed by atoms with Crippen LogP contribution in [0.3, 0.4) is 0 Å². The lowest BCUT2D eigenvalue weighted by molar-refractivity contribution is -0.140. The van der Waals surface area contributed by atoms with E-state index >= 15 is 0 Å². The van der Waals surface area contributed by atoms with Gasteiger partial charge >= 0.3 is 11.9 Å². The maximum absolute atomic E-state index is 11.1. The van der Waals surface area contributed by atoms with Crippen LogP contribution >= 0.6 is 0 Å². The molecule has 0 radical (unpaired) electrons. The van der Waals surface area contributed by atoms with Crippen LogP contribution in [0.15, 0.2) is 57.7 Å². The number of rotatable bonds is 13. The second kappa shape index (κ2) is 19.7. The van der Waals surface area contributed by atoms with Gasteiger partial charge in [0.2, 0.25) is 0 Å². The molecule has 4 nitrogen and oxygen atoms in total. The minimum Gasteiger partial charge on any atom is -0.469 e. The second-order valence-corrected chi connectivity index (χ2v) is 11.6. The quantitative estimate of drug-likeness (QED) is 0.176. The normalized spacial score (nSPS) is 15.9. The summed E-state index contributed by atoms with van der Waals surface area (Å²) in [7, 11) is 2.86. The lowest BCUT2D eigenvalue weighted by Gasteiger charge is -2.34. The van der Waals surface area contributed by atoms with E-state index in [0.717, 1.165) is 38.5 Å². The Morgan fingerprint density at radius 1 is 0.763 bits per heavy atom. The van der Waals surface area contributed by atoms with Gasteiger partial charge in [-0.3, -0.25) is 9.59 Å². The van der Waals surface area contributed by atoms with Crippen LogP contribution in [0.1, 0.15) is 126 Å². The molecule has 0 heterocycles. The minimum atomic E-state index is -0.173. The Morgan fingerprint density at radius 3 is 1.71 bits per heavy atom. The van der Waals surface area contributed by atoms with E-state index in [1.165, 1.54) is 55.8 Å². The Balaban J connectivity index is 0.000000721. The van der Waals surface area contributed by atoms with Crippen LogP contribution in [-0.2, 0) is 19.1 Å². The fraction of sp³-hybridized carbons (Fsp3) is 0.647. The maximum atomic E-state index is 11.1. The molecule has 0 spiro atoms. The number of carbonyl (C=O) groups is 2. The summed E-state index contributed by atoms with van der Waals surface area (Å²) in [6.45, 7) is 17.6. The van der Waals surface area contributed by atoms with Crippen molar-refractivity contribution < 1.29 is 19.1 Å². The SMILES string of the molecule is COC(=O)C/C=C(\C)CC/C=C(\C)CCC=C(C)C.COC(=O)C/C=C(\C)CCC1=C(C)CCCC1(C)C. The molecule has 0 saturated heterocycles. The van der Waals surface area contributed by atoms with E-state index in [1.54, 1.807) is 11.1 Å². The Morgan fingerprint density at radius 2 is 1.24 bits per heavy atom. The highest BCUT2D eigenvalue weighted by atomic mass is 16.5. The number of ether oxygens (including phenoxy) is 2. The Hall–Kier alpha value is -2.36. The van der Waals surface area contributed by atoms with Crippen LogP contribution in [0.5, 0.6) is 0 Å². The Labute approximate surface area is 234 Å². The summed E-state index contributed by atoms with van der Waals surface area (Å²) in [5.41, 5.74) is 8.92. The number of allylic oxidation sites excluding steroid dienone is 8. The smallest absolute Gasteiger partial charge is 0.309 e. The Kier molecular flexibility index (Phi) is 18.4. The molecule has 4 heteroatoms. The molecule has 0 N–H and O–H groups in total. The zero-order valence-electron chi connectivity index (χ0n) is 26.2. The van der Waals surface area contributed by atoms with E-state index in [-0.39, 0.29) is 11.9 Å². The number of methoxy groups -OCH3 is 2. The summed E-state index contributed by atoms with van der Waals surface area (Å²) < 4.78 is 9.26. The standard InChI is InChI=1S/2C17H28O2/c1-13(9-11-16(18)19-5)8-10-15-14(2)7-6-12-17(15,3)4;1-14(2)8-6-9-15(3)10-7-11-16(4)12-13-17(18)19-5/h9H,6-8,10-12H2,1-5H3;8,10,12H,6-7,9,11,13H2,1-5H3/b13-9+;15-10+,16-12+. The van der Waals surface area contributed by atoms with E-state index < -0.39 is 0 Å². The van der Waals surface area contributed by atoms with Crippen molar-refractivity contribution in [2.45, 2.75) is 126 Å². The molecule has 0 atom stereocenters. The van der Waals surface area contributed by atoms with Crippen molar-refractivity contribution in [1.29, 1.82) is 0 Å². The number of hydrogen-bond acceptors (Lipinski definition) is 4. The van der Waals surface area contributed by atoms with Crippen LogP contribution in [0, 0.1) is 5.41 Å². The van der Waals surface area contributed by atoms with Gasteiger partial charge < -0.3 is 9.47 Å². The van der Waals surface area contributed by atoms with Crippen LogP contribution in [0.25, 0.3) is 0 Å². The van der Waals surface area contributed by atoms with E-state index in [0.29, 0.717) is 18.3 Å². The second-order valence-electron chi connectivity index (χ2n) is 11.6. The maximum Gasteiger partial charge on any atom is 0.309 e. The molecule has 1 rings (SSSR count). The molecule has 0 aromatic rings. The van der Waals surface area contributed by atoms with Crippen LogP contribution in [0.4, 0.5) is 0 Å². The third-order valence-electron chi connectivity index (χ3n) is 7.27. The molecule has 0 saturated carbocycles. The molecule has 0 aromatic carbocycles. The molecule has 38 heavy (non-hydrogen) atoms.